The van der Waals surface area contributed by atoms with E-state index in [1.54, 1.807) is 24.3 Å². The van der Waals surface area contributed by atoms with Crippen molar-refractivity contribution in [3.63, 3.8) is 0 Å². The van der Waals surface area contributed by atoms with E-state index >= 15 is 0 Å². The fourth-order valence-electron chi connectivity index (χ4n) is 7.10. The van der Waals surface area contributed by atoms with Crippen LogP contribution < -0.4 is 4.74 Å². The molecule has 1 aromatic rings. The standard InChI is InChI=1S/C29H32Cl2N2O8/c1-32-26(39)28(30)15-19-16(23(29(28,31)27(32)40)17-7-4-5-8-20(17)41-14-13-34)10-11-18-22(19)25(38)33(24(18)37)12-6-2-3-9-21(35)36/h4-5,7-8,10,18-19,22-23,34H,2-3,6,9,11-15H2,1H3,(H,35,36)/t18-,19+,22-,23+,28+,29-/m0/s1. The second kappa shape index (κ2) is 11.0. The molecule has 220 valence electrons. The zero-order valence-corrected chi connectivity index (χ0v) is 24.1. The molecule has 2 saturated heterocycles. The summed E-state index contributed by atoms with van der Waals surface area (Å²) in [5, 5.41) is 18.2. The summed E-state index contributed by atoms with van der Waals surface area (Å²) in [5.74, 6) is -5.49. The predicted octanol–water partition coefficient (Wildman–Crippen LogP) is 2.69. The van der Waals surface area contributed by atoms with Gasteiger partial charge in [-0.2, -0.15) is 0 Å². The molecule has 0 unspecified atom stereocenters. The maximum atomic E-state index is 13.8. The summed E-state index contributed by atoms with van der Waals surface area (Å²) in [6.07, 6.45) is 3.53. The van der Waals surface area contributed by atoms with Crippen molar-refractivity contribution in [1.29, 1.82) is 0 Å². The molecule has 1 saturated carbocycles. The van der Waals surface area contributed by atoms with Crippen molar-refractivity contribution in [2.45, 2.75) is 54.2 Å². The van der Waals surface area contributed by atoms with Gasteiger partial charge in [0, 0.05) is 31.5 Å². The number of para-hydroxylation sites is 1. The van der Waals surface area contributed by atoms with E-state index in [0.717, 1.165) is 4.90 Å². The van der Waals surface area contributed by atoms with Crippen LogP contribution in [0.5, 0.6) is 5.75 Å². The first-order valence-corrected chi connectivity index (χ1v) is 14.5. The van der Waals surface area contributed by atoms with Gasteiger partial charge < -0.3 is 14.9 Å². The van der Waals surface area contributed by atoms with Crippen molar-refractivity contribution in [1.82, 2.24) is 9.80 Å². The number of likely N-dealkylation sites (tertiary alicyclic amines) is 2. The molecule has 3 fully saturated rings. The smallest absolute Gasteiger partial charge is 0.303 e. The first kappa shape index (κ1) is 29.5. The third-order valence-electron chi connectivity index (χ3n) is 8.96. The Morgan fingerprint density at radius 2 is 1.78 bits per heavy atom. The number of allylic oxidation sites excluding steroid dienone is 2. The van der Waals surface area contributed by atoms with Crippen molar-refractivity contribution in [3.05, 3.63) is 41.5 Å². The van der Waals surface area contributed by atoms with Crippen LogP contribution in [-0.2, 0) is 24.0 Å². The fraction of sp³-hybridized carbons (Fsp3) is 0.552. The Balaban J connectivity index is 1.54. The largest absolute Gasteiger partial charge is 0.491 e. The molecule has 0 bridgehead atoms. The number of unbranched alkanes of at least 4 members (excludes halogenated alkanes) is 2. The Kier molecular flexibility index (Phi) is 7.95. The molecule has 5 rings (SSSR count). The summed E-state index contributed by atoms with van der Waals surface area (Å²) in [7, 11) is 1.33. The lowest BCUT2D eigenvalue weighted by Crippen LogP contribution is -2.60. The molecular weight excluding hydrogens is 575 g/mol. The van der Waals surface area contributed by atoms with Gasteiger partial charge in [-0.3, -0.25) is 33.8 Å². The second-order valence-electron chi connectivity index (χ2n) is 11.1. The SMILES string of the molecule is CN1C(=O)[C@]2(Cl)C[C@@H]3C(=CC[C@@H]4C(=O)N(CCCCCC(=O)O)C(=O)[C@@H]43)[C@H](c3ccccc3OCCO)[C@]2(Cl)C1=O. The summed E-state index contributed by atoms with van der Waals surface area (Å²) in [5.41, 5.74) is 1.16. The molecule has 41 heavy (non-hydrogen) atoms. The number of carboxylic acids is 1. The first-order chi connectivity index (χ1) is 19.5. The third-order valence-corrected chi connectivity index (χ3v) is 10.4. The quantitative estimate of drug-likeness (QED) is 0.179. The van der Waals surface area contributed by atoms with Crippen LogP contribution in [0.2, 0.25) is 0 Å². The number of amides is 4. The minimum Gasteiger partial charge on any atom is -0.491 e. The molecule has 2 aliphatic heterocycles. The van der Waals surface area contributed by atoms with Crippen LogP contribution in [0.25, 0.3) is 0 Å². The predicted molar refractivity (Wildman–Crippen MR) is 147 cm³/mol. The van der Waals surface area contributed by atoms with E-state index in [0.29, 0.717) is 36.1 Å². The van der Waals surface area contributed by atoms with Crippen LogP contribution in [0.3, 0.4) is 0 Å². The maximum Gasteiger partial charge on any atom is 0.303 e. The zero-order chi connectivity index (χ0) is 29.7. The normalized spacial score (nSPS) is 32.5. The van der Waals surface area contributed by atoms with Gasteiger partial charge in [-0.05, 0) is 37.7 Å². The fourth-order valence-corrected chi connectivity index (χ4v) is 8.12. The maximum absolute atomic E-state index is 13.8. The Morgan fingerprint density at radius 1 is 1.05 bits per heavy atom. The number of aliphatic carboxylic acids is 1. The van der Waals surface area contributed by atoms with E-state index in [4.69, 9.17) is 33.0 Å². The van der Waals surface area contributed by atoms with Gasteiger partial charge in [-0.15, -0.1) is 23.2 Å². The highest BCUT2D eigenvalue weighted by molar-refractivity contribution is 6.53. The van der Waals surface area contributed by atoms with Crippen molar-refractivity contribution in [2.75, 3.05) is 26.8 Å². The lowest BCUT2D eigenvalue weighted by Gasteiger charge is -2.51. The highest BCUT2D eigenvalue weighted by Crippen LogP contribution is 2.66. The van der Waals surface area contributed by atoms with Crippen LogP contribution >= 0.6 is 23.2 Å². The number of benzene rings is 1. The summed E-state index contributed by atoms with van der Waals surface area (Å²) >= 11 is 14.4. The van der Waals surface area contributed by atoms with Crippen LogP contribution in [0.15, 0.2) is 35.9 Å². The molecule has 4 aliphatic rings. The van der Waals surface area contributed by atoms with Gasteiger partial charge in [-0.1, -0.05) is 36.3 Å². The molecule has 2 aliphatic carbocycles. The number of aliphatic hydroxyl groups excluding tert-OH is 1. The number of rotatable bonds is 10. The Labute approximate surface area is 247 Å². The summed E-state index contributed by atoms with van der Waals surface area (Å²) in [4.78, 5) is 63.6. The van der Waals surface area contributed by atoms with Crippen LogP contribution in [0.4, 0.5) is 0 Å². The van der Waals surface area contributed by atoms with Gasteiger partial charge in [-0.25, -0.2) is 0 Å². The molecule has 0 aromatic heterocycles. The molecule has 2 heterocycles. The number of ether oxygens (including phenoxy) is 1. The number of nitrogens with zero attached hydrogens (tertiary/aromatic N) is 2. The van der Waals surface area contributed by atoms with Gasteiger partial charge in [0.1, 0.15) is 12.4 Å². The Bertz CT molecular complexity index is 1330. The van der Waals surface area contributed by atoms with Crippen molar-refractivity contribution >= 4 is 52.8 Å². The van der Waals surface area contributed by atoms with E-state index in [9.17, 15) is 29.1 Å². The molecule has 1 aromatic carbocycles. The molecule has 4 amide bonds. The minimum atomic E-state index is -1.91. The van der Waals surface area contributed by atoms with Gasteiger partial charge in [0.25, 0.3) is 11.8 Å². The van der Waals surface area contributed by atoms with E-state index < -0.39 is 51.2 Å². The molecule has 6 atom stereocenters. The zero-order valence-electron chi connectivity index (χ0n) is 22.6. The number of hydrogen-bond acceptors (Lipinski definition) is 7. The van der Waals surface area contributed by atoms with Crippen LogP contribution in [0, 0.1) is 17.8 Å². The van der Waals surface area contributed by atoms with Gasteiger partial charge in [0.2, 0.25) is 11.8 Å². The number of hydrogen-bond donors (Lipinski definition) is 2. The van der Waals surface area contributed by atoms with E-state index in [2.05, 4.69) is 0 Å². The number of carboxylic acid groups (broad SMARTS) is 1. The van der Waals surface area contributed by atoms with E-state index in [1.165, 1.54) is 11.9 Å². The lowest BCUT2D eigenvalue weighted by atomic mass is 9.56. The molecule has 2 N–H and O–H groups in total. The van der Waals surface area contributed by atoms with Crippen molar-refractivity contribution in [2.24, 2.45) is 17.8 Å². The van der Waals surface area contributed by atoms with Crippen LogP contribution in [0.1, 0.15) is 50.0 Å². The van der Waals surface area contributed by atoms with Gasteiger partial charge in [0.05, 0.1) is 18.4 Å². The molecule has 0 radical (unpaired) electrons. The average Bonchev–Trinajstić information content (AvgIpc) is 3.26. The Hall–Kier alpha value is -2.95. The number of imide groups is 2. The van der Waals surface area contributed by atoms with Gasteiger partial charge in [0.15, 0.2) is 9.75 Å². The molecular formula is C29H32Cl2N2O8. The minimum absolute atomic E-state index is 0.0145. The Morgan fingerprint density at radius 3 is 2.49 bits per heavy atom. The third kappa shape index (κ3) is 4.46. The number of carbonyl (C=O) groups is 5. The highest BCUT2D eigenvalue weighted by atomic mass is 35.5. The lowest BCUT2D eigenvalue weighted by molar-refractivity contribution is -0.141. The second-order valence-corrected chi connectivity index (χ2v) is 12.4. The average molecular weight is 607 g/mol. The number of aliphatic hydroxyl groups is 1. The topological polar surface area (TPSA) is 142 Å². The summed E-state index contributed by atoms with van der Waals surface area (Å²) in [6, 6.07) is 6.89. The monoisotopic (exact) mass is 606 g/mol. The van der Waals surface area contributed by atoms with Crippen molar-refractivity contribution < 1.29 is 38.9 Å². The number of alkyl halides is 2. The number of carbonyl (C=O) groups excluding carboxylic acids is 4. The van der Waals surface area contributed by atoms with Crippen molar-refractivity contribution in [3.8, 4) is 5.75 Å². The summed E-state index contributed by atoms with van der Waals surface area (Å²) in [6.45, 7) is -0.0823. The van der Waals surface area contributed by atoms with Gasteiger partial charge >= 0.3 is 5.97 Å². The summed E-state index contributed by atoms with van der Waals surface area (Å²) < 4.78 is 5.80. The molecule has 0 spiro atoms. The van der Waals surface area contributed by atoms with Crippen LogP contribution in [-0.4, -0.2) is 86.2 Å². The molecule has 12 heteroatoms. The van der Waals surface area contributed by atoms with E-state index in [1.807, 2.05) is 6.08 Å². The highest BCUT2D eigenvalue weighted by Gasteiger charge is 2.76. The van der Waals surface area contributed by atoms with E-state index in [-0.39, 0.29) is 50.8 Å². The molecule has 10 nitrogen and oxygen atoms in total. The first-order valence-electron chi connectivity index (χ1n) is 13.8. The number of fused-ring (bicyclic) bond motifs is 4. The number of halogens is 2.